The average molecular weight is 329 g/mol. The topological polar surface area (TPSA) is 87.9 Å². The summed E-state index contributed by atoms with van der Waals surface area (Å²) in [5.41, 5.74) is 0.465. The van der Waals surface area contributed by atoms with Crippen LogP contribution in [0.15, 0.2) is 10.9 Å². The van der Waals surface area contributed by atoms with Gasteiger partial charge in [-0.2, -0.15) is 8.82 Å². The Labute approximate surface area is 125 Å². The van der Waals surface area contributed by atoms with Gasteiger partial charge < -0.3 is 4.90 Å². The van der Waals surface area contributed by atoms with Crippen molar-refractivity contribution in [2.75, 3.05) is 37.3 Å². The minimum atomic E-state index is -3.15. The summed E-state index contributed by atoms with van der Waals surface area (Å²) in [6.45, 7) is 3.74. The van der Waals surface area contributed by atoms with Crippen molar-refractivity contribution in [3.63, 3.8) is 0 Å². The summed E-state index contributed by atoms with van der Waals surface area (Å²) >= 11 is 1.34. The Hall–Kier alpha value is -1.52. The Kier molecular flexibility index (Phi) is 3.46. The predicted molar refractivity (Wildman–Crippen MR) is 80.5 cm³/mol. The van der Waals surface area contributed by atoms with Gasteiger partial charge >= 0.3 is 0 Å². The van der Waals surface area contributed by atoms with Gasteiger partial charge in [-0.3, -0.25) is 4.79 Å². The van der Waals surface area contributed by atoms with Crippen LogP contribution in [-0.2, 0) is 10.0 Å². The minimum absolute atomic E-state index is 0.199. The highest BCUT2D eigenvalue weighted by Gasteiger charge is 2.25. The normalized spacial score (nSPS) is 17.5. The van der Waals surface area contributed by atoms with Crippen molar-refractivity contribution in [1.82, 2.24) is 18.9 Å². The van der Waals surface area contributed by atoms with Crippen molar-refractivity contribution in [2.45, 2.75) is 6.92 Å². The molecule has 3 heterocycles. The van der Waals surface area contributed by atoms with Crippen molar-refractivity contribution >= 4 is 31.5 Å². The van der Waals surface area contributed by atoms with Gasteiger partial charge in [0.2, 0.25) is 20.1 Å². The zero-order valence-corrected chi connectivity index (χ0v) is 13.3. The third-order valence-electron chi connectivity index (χ3n) is 3.34. The highest BCUT2D eigenvalue weighted by Crippen LogP contribution is 2.22. The molecule has 0 unspecified atom stereocenters. The quantitative estimate of drug-likeness (QED) is 0.741. The van der Waals surface area contributed by atoms with Gasteiger partial charge in [0.1, 0.15) is 0 Å². The molecule has 0 bridgehead atoms. The Morgan fingerprint density at radius 2 is 1.90 bits per heavy atom. The first-order valence-electron chi connectivity index (χ1n) is 6.42. The SMILES string of the molecule is Cc1cc(=O)n2nc(N3CCN(S(C)(=O)=O)CC3)sc2n1. The van der Waals surface area contributed by atoms with Gasteiger partial charge in [0, 0.05) is 37.9 Å². The van der Waals surface area contributed by atoms with E-state index in [0.717, 1.165) is 0 Å². The van der Waals surface area contributed by atoms with Crippen molar-refractivity contribution in [2.24, 2.45) is 0 Å². The van der Waals surface area contributed by atoms with E-state index >= 15 is 0 Å². The van der Waals surface area contributed by atoms with Gasteiger partial charge in [-0.15, -0.1) is 5.10 Å². The van der Waals surface area contributed by atoms with E-state index in [1.807, 2.05) is 4.90 Å². The fraction of sp³-hybridized carbons (Fsp3) is 0.545. The maximum Gasteiger partial charge on any atom is 0.275 e. The molecule has 1 saturated heterocycles. The summed E-state index contributed by atoms with van der Waals surface area (Å²) in [6, 6.07) is 1.44. The summed E-state index contributed by atoms with van der Waals surface area (Å²) in [5.74, 6) is 0. The van der Waals surface area contributed by atoms with Crippen molar-refractivity contribution in [3.05, 3.63) is 22.1 Å². The lowest BCUT2D eigenvalue weighted by Gasteiger charge is -2.32. The molecule has 0 aromatic carbocycles. The number of rotatable bonds is 2. The molecule has 0 saturated carbocycles. The molecule has 0 amide bonds. The molecule has 0 N–H and O–H groups in total. The third kappa shape index (κ3) is 2.78. The predicted octanol–water partition coefficient (Wildman–Crippen LogP) is -0.459. The van der Waals surface area contributed by atoms with Crippen LogP contribution < -0.4 is 10.5 Å². The number of sulfonamides is 1. The average Bonchev–Trinajstić information content (AvgIpc) is 2.82. The molecule has 2 aromatic heterocycles. The number of nitrogens with zero attached hydrogens (tertiary/aromatic N) is 5. The number of aryl methyl sites for hydroxylation is 1. The van der Waals surface area contributed by atoms with Crippen LogP contribution in [0.4, 0.5) is 5.13 Å². The van der Waals surface area contributed by atoms with Gasteiger partial charge in [0.15, 0.2) is 0 Å². The number of fused-ring (bicyclic) bond motifs is 1. The van der Waals surface area contributed by atoms with Crippen LogP contribution in [-0.4, -0.2) is 59.8 Å². The highest BCUT2D eigenvalue weighted by atomic mass is 32.2. The van der Waals surface area contributed by atoms with Crippen LogP contribution in [0.5, 0.6) is 0 Å². The lowest BCUT2D eigenvalue weighted by atomic mass is 10.4. The van der Waals surface area contributed by atoms with Gasteiger partial charge in [0.05, 0.1) is 6.26 Å². The van der Waals surface area contributed by atoms with Gasteiger partial charge in [-0.1, -0.05) is 11.3 Å². The van der Waals surface area contributed by atoms with E-state index < -0.39 is 10.0 Å². The zero-order valence-electron chi connectivity index (χ0n) is 11.7. The molecule has 1 fully saturated rings. The molecule has 8 nitrogen and oxygen atoms in total. The van der Waals surface area contributed by atoms with Crippen LogP contribution in [0.3, 0.4) is 0 Å². The van der Waals surface area contributed by atoms with E-state index in [9.17, 15) is 13.2 Å². The molecule has 0 aliphatic carbocycles. The number of hydrogen-bond acceptors (Lipinski definition) is 7. The molecule has 2 aromatic rings. The van der Waals surface area contributed by atoms with Crippen LogP contribution >= 0.6 is 11.3 Å². The fourth-order valence-electron chi connectivity index (χ4n) is 2.25. The fourth-order valence-corrected chi connectivity index (χ4v) is 4.08. The van der Waals surface area contributed by atoms with Crippen LogP contribution in [0.25, 0.3) is 4.96 Å². The molecule has 1 aliphatic heterocycles. The van der Waals surface area contributed by atoms with E-state index in [-0.39, 0.29) is 5.56 Å². The third-order valence-corrected chi connectivity index (χ3v) is 5.61. The number of anilines is 1. The maximum atomic E-state index is 11.8. The van der Waals surface area contributed by atoms with Crippen molar-refractivity contribution < 1.29 is 8.42 Å². The first-order valence-corrected chi connectivity index (χ1v) is 9.09. The van der Waals surface area contributed by atoms with Crippen molar-refractivity contribution in [3.8, 4) is 0 Å². The van der Waals surface area contributed by atoms with E-state index in [4.69, 9.17) is 0 Å². The molecular formula is C11H15N5O3S2. The van der Waals surface area contributed by atoms with Gasteiger partial charge in [-0.05, 0) is 6.92 Å². The molecule has 114 valence electrons. The molecule has 21 heavy (non-hydrogen) atoms. The van der Waals surface area contributed by atoms with Crippen LogP contribution in [0.1, 0.15) is 5.69 Å². The summed E-state index contributed by atoms with van der Waals surface area (Å²) in [7, 11) is -3.15. The van der Waals surface area contributed by atoms with Gasteiger partial charge in [0.25, 0.3) is 5.56 Å². The summed E-state index contributed by atoms with van der Waals surface area (Å²) in [6.07, 6.45) is 1.21. The van der Waals surface area contributed by atoms with E-state index in [1.54, 1.807) is 6.92 Å². The smallest absolute Gasteiger partial charge is 0.275 e. The van der Waals surface area contributed by atoms with E-state index in [2.05, 4.69) is 10.1 Å². The largest absolute Gasteiger partial charge is 0.344 e. The highest BCUT2D eigenvalue weighted by molar-refractivity contribution is 7.88. The van der Waals surface area contributed by atoms with Gasteiger partial charge in [-0.25, -0.2) is 13.4 Å². The number of piperazine rings is 1. The van der Waals surface area contributed by atoms with Crippen molar-refractivity contribution in [1.29, 1.82) is 0 Å². The van der Waals surface area contributed by atoms with E-state index in [1.165, 1.54) is 32.5 Å². The molecule has 0 spiro atoms. The summed E-state index contributed by atoms with van der Waals surface area (Å²) < 4.78 is 25.7. The Morgan fingerprint density at radius 3 is 2.52 bits per heavy atom. The second-order valence-electron chi connectivity index (χ2n) is 4.96. The second-order valence-corrected chi connectivity index (χ2v) is 7.88. The monoisotopic (exact) mass is 329 g/mol. The Bertz CT molecular complexity index is 833. The second kappa shape index (κ2) is 5.04. The van der Waals surface area contributed by atoms with Crippen LogP contribution in [0.2, 0.25) is 0 Å². The molecule has 1 aliphatic rings. The Morgan fingerprint density at radius 1 is 1.24 bits per heavy atom. The lowest BCUT2D eigenvalue weighted by molar-refractivity contribution is 0.387. The molecular weight excluding hydrogens is 314 g/mol. The molecule has 3 rings (SSSR count). The Balaban J connectivity index is 1.86. The lowest BCUT2D eigenvalue weighted by Crippen LogP contribution is -2.48. The number of aromatic nitrogens is 3. The molecule has 0 atom stereocenters. The van der Waals surface area contributed by atoms with Crippen LogP contribution in [0, 0.1) is 6.92 Å². The van der Waals surface area contributed by atoms with E-state index in [0.29, 0.717) is 42.0 Å². The summed E-state index contributed by atoms with van der Waals surface area (Å²) in [4.78, 5) is 18.7. The minimum Gasteiger partial charge on any atom is -0.344 e. The first kappa shape index (κ1) is 14.4. The molecule has 10 heteroatoms. The zero-order chi connectivity index (χ0) is 15.2. The molecule has 0 radical (unpaired) electrons. The summed E-state index contributed by atoms with van der Waals surface area (Å²) in [5, 5.41) is 4.98. The number of hydrogen-bond donors (Lipinski definition) is 0. The first-order chi connectivity index (χ1) is 9.84. The maximum absolute atomic E-state index is 11.8. The standard InChI is InChI=1S/C11H15N5O3S2/c1-8-7-9(17)16-10(12-8)20-11(13-16)14-3-5-15(6-4-14)21(2,18)19/h7H,3-6H2,1-2H3.